The molecule has 1 saturated heterocycles. The van der Waals surface area contributed by atoms with E-state index < -0.39 is 0 Å². The normalized spacial score (nSPS) is 20.2. The van der Waals surface area contributed by atoms with E-state index >= 15 is 0 Å². The molecule has 1 heterocycles. The first-order valence-corrected chi connectivity index (χ1v) is 7.26. The Morgan fingerprint density at radius 2 is 2.38 bits per heavy atom. The maximum Gasteiger partial charge on any atom is 0.0408 e. The fourth-order valence-corrected chi connectivity index (χ4v) is 3.49. The molecule has 0 radical (unpaired) electrons. The number of nitrogens with one attached hydrogen (secondary N) is 1. The predicted molar refractivity (Wildman–Crippen MR) is 73.4 cm³/mol. The highest BCUT2D eigenvalue weighted by Gasteiger charge is 2.14. The fourth-order valence-electron chi connectivity index (χ4n) is 2.03. The summed E-state index contributed by atoms with van der Waals surface area (Å²) in [6, 6.07) is 6.12. The van der Waals surface area contributed by atoms with Gasteiger partial charge in [0.1, 0.15) is 0 Å². The van der Waals surface area contributed by atoms with Crippen molar-refractivity contribution in [3.63, 3.8) is 0 Å². The maximum absolute atomic E-state index is 5.93. The standard InChI is InChI=1S/C13H18ClNS/c1-10-7-12(14)5-4-11(10)8-15-9-13-3-2-6-16-13/h4-5,7,13,15H,2-3,6,8-9H2,1H3. The Balaban J connectivity index is 1.80. The summed E-state index contributed by atoms with van der Waals surface area (Å²) in [6.45, 7) is 4.21. The summed E-state index contributed by atoms with van der Waals surface area (Å²) < 4.78 is 0. The van der Waals surface area contributed by atoms with E-state index in [0.717, 1.165) is 23.4 Å². The predicted octanol–water partition coefficient (Wildman–Crippen LogP) is 3.63. The molecule has 2 rings (SSSR count). The molecule has 1 N–H and O–H groups in total. The van der Waals surface area contributed by atoms with Gasteiger partial charge in [-0.05, 0) is 48.8 Å². The molecule has 0 amide bonds. The van der Waals surface area contributed by atoms with Crippen molar-refractivity contribution in [1.29, 1.82) is 0 Å². The average molecular weight is 256 g/mol. The molecule has 0 spiro atoms. The van der Waals surface area contributed by atoms with Crippen molar-refractivity contribution < 1.29 is 0 Å². The summed E-state index contributed by atoms with van der Waals surface area (Å²) in [5.74, 6) is 1.34. The molecule has 1 aromatic rings. The molecular formula is C13H18ClNS. The van der Waals surface area contributed by atoms with Crippen LogP contribution < -0.4 is 5.32 Å². The monoisotopic (exact) mass is 255 g/mol. The van der Waals surface area contributed by atoms with Crippen molar-refractivity contribution in [2.45, 2.75) is 31.6 Å². The second kappa shape index (κ2) is 5.95. The van der Waals surface area contributed by atoms with E-state index in [0.29, 0.717) is 0 Å². The zero-order valence-electron chi connectivity index (χ0n) is 9.63. The lowest BCUT2D eigenvalue weighted by Gasteiger charge is -2.11. The summed E-state index contributed by atoms with van der Waals surface area (Å²) in [5.41, 5.74) is 2.63. The SMILES string of the molecule is Cc1cc(Cl)ccc1CNCC1CCCS1. The van der Waals surface area contributed by atoms with Crippen molar-refractivity contribution in [2.75, 3.05) is 12.3 Å². The smallest absolute Gasteiger partial charge is 0.0408 e. The Bertz CT molecular complexity index is 348. The quantitative estimate of drug-likeness (QED) is 0.882. The van der Waals surface area contributed by atoms with Crippen LogP contribution in [-0.2, 0) is 6.54 Å². The van der Waals surface area contributed by atoms with Crippen LogP contribution in [0.4, 0.5) is 0 Å². The minimum Gasteiger partial charge on any atom is -0.312 e. The van der Waals surface area contributed by atoms with Gasteiger partial charge >= 0.3 is 0 Å². The first-order chi connectivity index (χ1) is 7.75. The van der Waals surface area contributed by atoms with E-state index in [9.17, 15) is 0 Å². The zero-order valence-corrected chi connectivity index (χ0v) is 11.2. The Kier molecular flexibility index (Phi) is 4.56. The number of hydrogen-bond donors (Lipinski definition) is 1. The summed E-state index contributed by atoms with van der Waals surface area (Å²) >= 11 is 8.03. The van der Waals surface area contributed by atoms with Crippen LogP contribution in [0.5, 0.6) is 0 Å². The molecule has 3 heteroatoms. The van der Waals surface area contributed by atoms with Crippen LogP contribution in [0.25, 0.3) is 0 Å². The highest BCUT2D eigenvalue weighted by Crippen LogP contribution is 2.25. The van der Waals surface area contributed by atoms with E-state index in [4.69, 9.17) is 11.6 Å². The maximum atomic E-state index is 5.93. The van der Waals surface area contributed by atoms with Crippen molar-refractivity contribution in [3.05, 3.63) is 34.3 Å². The van der Waals surface area contributed by atoms with Crippen LogP contribution in [0.3, 0.4) is 0 Å². The molecule has 0 aliphatic carbocycles. The number of halogens is 1. The van der Waals surface area contributed by atoms with Crippen molar-refractivity contribution >= 4 is 23.4 Å². The van der Waals surface area contributed by atoms with Crippen LogP contribution in [0.15, 0.2) is 18.2 Å². The highest BCUT2D eigenvalue weighted by molar-refractivity contribution is 8.00. The van der Waals surface area contributed by atoms with Crippen molar-refractivity contribution in [1.82, 2.24) is 5.32 Å². The summed E-state index contributed by atoms with van der Waals surface area (Å²) in [6.07, 6.45) is 2.76. The van der Waals surface area contributed by atoms with Crippen molar-refractivity contribution in [3.8, 4) is 0 Å². The van der Waals surface area contributed by atoms with E-state index in [1.807, 2.05) is 12.1 Å². The highest BCUT2D eigenvalue weighted by atomic mass is 35.5. The molecule has 1 nitrogen and oxygen atoms in total. The van der Waals surface area contributed by atoms with Gasteiger partial charge in [0.25, 0.3) is 0 Å². The summed E-state index contributed by atoms with van der Waals surface area (Å²) in [5, 5.41) is 5.19. The second-order valence-corrected chi connectivity index (χ2v) is 6.18. The molecular weight excluding hydrogens is 238 g/mol. The molecule has 1 unspecified atom stereocenters. The van der Waals surface area contributed by atoms with Gasteiger partial charge in [0, 0.05) is 23.4 Å². The lowest BCUT2D eigenvalue weighted by atomic mass is 10.1. The first kappa shape index (κ1) is 12.3. The minimum atomic E-state index is 0.826. The van der Waals surface area contributed by atoms with Crippen molar-refractivity contribution in [2.24, 2.45) is 0 Å². The molecule has 0 bridgehead atoms. The third-order valence-electron chi connectivity index (χ3n) is 3.02. The van der Waals surface area contributed by atoms with Crippen LogP contribution in [0.1, 0.15) is 24.0 Å². The molecule has 1 aliphatic heterocycles. The molecule has 88 valence electrons. The van der Waals surface area contributed by atoms with E-state index in [-0.39, 0.29) is 0 Å². The van der Waals surface area contributed by atoms with Gasteiger partial charge in [-0.2, -0.15) is 11.8 Å². The second-order valence-electron chi connectivity index (χ2n) is 4.34. The molecule has 16 heavy (non-hydrogen) atoms. The molecule has 0 saturated carbocycles. The topological polar surface area (TPSA) is 12.0 Å². The zero-order chi connectivity index (χ0) is 11.4. The van der Waals surface area contributed by atoms with Crippen LogP contribution in [0.2, 0.25) is 5.02 Å². The van der Waals surface area contributed by atoms with E-state index in [1.54, 1.807) is 0 Å². The van der Waals surface area contributed by atoms with Crippen LogP contribution >= 0.6 is 23.4 Å². The molecule has 1 aromatic carbocycles. The van der Waals surface area contributed by atoms with Gasteiger partial charge in [0.15, 0.2) is 0 Å². The van der Waals surface area contributed by atoms with Gasteiger partial charge < -0.3 is 5.32 Å². The van der Waals surface area contributed by atoms with E-state index in [1.165, 1.54) is 29.7 Å². The number of benzene rings is 1. The van der Waals surface area contributed by atoms with Gasteiger partial charge in [-0.25, -0.2) is 0 Å². The number of aryl methyl sites for hydroxylation is 1. The molecule has 1 fully saturated rings. The number of hydrogen-bond acceptors (Lipinski definition) is 2. The lowest BCUT2D eigenvalue weighted by Crippen LogP contribution is -2.22. The van der Waals surface area contributed by atoms with Gasteiger partial charge in [-0.15, -0.1) is 0 Å². The third kappa shape index (κ3) is 3.41. The van der Waals surface area contributed by atoms with E-state index in [2.05, 4.69) is 30.1 Å². The molecule has 0 aromatic heterocycles. The lowest BCUT2D eigenvalue weighted by molar-refractivity contribution is 0.644. The Labute approximate surface area is 107 Å². The van der Waals surface area contributed by atoms with Crippen LogP contribution in [-0.4, -0.2) is 17.5 Å². The average Bonchev–Trinajstić information content (AvgIpc) is 2.74. The minimum absolute atomic E-state index is 0.826. The summed E-state index contributed by atoms with van der Waals surface area (Å²) in [7, 11) is 0. The Hall–Kier alpha value is -0.180. The summed E-state index contributed by atoms with van der Waals surface area (Å²) in [4.78, 5) is 0. The molecule has 1 atom stereocenters. The Morgan fingerprint density at radius 1 is 1.50 bits per heavy atom. The van der Waals surface area contributed by atoms with Gasteiger partial charge in [-0.3, -0.25) is 0 Å². The van der Waals surface area contributed by atoms with Gasteiger partial charge in [0.2, 0.25) is 0 Å². The third-order valence-corrected chi connectivity index (χ3v) is 4.65. The van der Waals surface area contributed by atoms with Crippen LogP contribution in [0, 0.1) is 6.92 Å². The number of rotatable bonds is 4. The Morgan fingerprint density at radius 3 is 3.06 bits per heavy atom. The fraction of sp³-hybridized carbons (Fsp3) is 0.538. The van der Waals surface area contributed by atoms with Gasteiger partial charge in [-0.1, -0.05) is 17.7 Å². The largest absolute Gasteiger partial charge is 0.312 e. The molecule has 1 aliphatic rings. The first-order valence-electron chi connectivity index (χ1n) is 5.83. The van der Waals surface area contributed by atoms with Gasteiger partial charge in [0.05, 0.1) is 0 Å². The number of thioether (sulfide) groups is 1.